The Morgan fingerprint density at radius 3 is 2.22 bits per heavy atom. The highest BCUT2D eigenvalue weighted by atomic mass is 19.4. The molecule has 0 aliphatic rings. The highest BCUT2D eigenvalue weighted by Crippen LogP contribution is 2.24. The van der Waals surface area contributed by atoms with Crippen LogP contribution in [-0.2, 0) is 17.6 Å². The molecule has 41 heavy (non-hydrogen) atoms. The van der Waals surface area contributed by atoms with Gasteiger partial charge in [-0.1, -0.05) is 78.9 Å². The Kier molecular flexibility index (Phi) is 8.58. The highest BCUT2D eigenvalue weighted by Gasteiger charge is 2.31. The van der Waals surface area contributed by atoms with E-state index in [0.717, 1.165) is 47.1 Å². The van der Waals surface area contributed by atoms with Crippen LogP contribution in [0.2, 0.25) is 0 Å². The Bertz CT molecular complexity index is 1580. The number of hydrogen-bond acceptors (Lipinski definition) is 4. The lowest BCUT2D eigenvalue weighted by atomic mass is 9.98. The van der Waals surface area contributed by atoms with Crippen LogP contribution >= 0.6 is 0 Å². The van der Waals surface area contributed by atoms with Crippen LogP contribution in [0.5, 0.6) is 5.75 Å². The number of halogens is 3. The fourth-order valence-corrected chi connectivity index (χ4v) is 4.60. The molecule has 208 valence electrons. The van der Waals surface area contributed by atoms with E-state index in [1.807, 2.05) is 54.6 Å². The number of Topliss-reactive ketones (excluding diaryl/α,β-unsaturated/α-hetero) is 1. The maximum Gasteiger partial charge on any atom is 0.573 e. The van der Waals surface area contributed by atoms with Crippen molar-refractivity contribution in [2.75, 3.05) is 0 Å². The summed E-state index contributed by atoms with van der Waals surface area (Å²) in [6.07, 6.45) is 0.386. The number of aryl methyl sites for hydroxylation is 1. The first kappa shape index (κ1) is 27.8. The van der Waals surface area contributed by atoms with Crippen molar-refractivity contribution in [3.63, 3.8) is 0 Å². The molecule has 4 aromatic carbocycles. The maximum atomic E-state index is 12.6. The number of rotatable bonds is 11. The monoisotopic (exact) mass is 555 g/mol. The zero-order chi connectivity index (χ0) is 28.7. The Balaban J connectivity index is 1.08. The van der Waals surface area contributed by atoms with Crippen LogP contribution in [0.4, 0.5) is 13.2 Å². The Labute approximate surface area is 236 Å². The third-order valence-electron chi connectivity index (χ3n) is 6.65. The molecule has 0 unspecified atom stereocenters. The van der Waals surface area contributed by atoms with E-state index in [1.54, 1.807) is 0 Å². The van der Waals surface area contributed by atoms with Gasteiger partial charge in [-0.2, -0.15) is 0 Å². The van der Waals surface area contributed by atoms with E-state index in [-0.39, 0.29) is 11.5 Å². The number of aromatic nitrogens is 3. The molecule has 0 amide bonds. The predicted octanol–water partition coefficient (Wildman–Crippen LogP) is 8.02. The fraction of sp³-hybridized carbons (Fsp3) is 0.182. The molecule has 1 aromatic heterocycles. The summed E-state index contributed by atoms with van der Waals surface area (Å²) in [6, 6.07) is 31.7. The maximum absolute atomic E-state index is 12.6. The van der Waals surface area contributed by atoms with Gasteiger partial charge in [0.05, 0.1) is 5.69 Å². The number of hydrogen-bond donors (Lipinski definition) is 0. The minimum Gasteiger partial charge on any atom is -0.406 e. The molecule has 0 bridgehead atoms. The van der Waals surface area contributed by atoms with E-state index in [9.17, 15) is 18.0 Å². The van der Waals surface area contributed by atoms with Crippen LogP contribution in [0.1, 0.15) is 30.4 Å². The fourth-order valence-electron chi connectivity index (χ4n) is 4.60. The topological polar surface area (TPSA) is 57.0 Å². The zero-order valence-electron chi connectivity index (χ0n) is 22.2. The minimum absolute atomic E-state index is 0.245. The van der Waals surface area contributed by atoms with Gasteiger partial charge < -0.3 is 4.74 Å². The molecule has 0 saturated heterocycles. The van der Waals surface area contributed by atoms with Crippen molar-refractivity contribution in [2.45, 2.75) is 38.5 Å². The summed E-state index contributed by atoms with van der Waals surface area (Å²) >= 11 is 0. The van der Waals surface area contributed by atoms with Crippen molar-refractivity contribution >= 4 is 5.78 Å². The van der Waals surface area contributed by atoms with Crippen LogP contribution < -0.4 is 4.74 Å². The van der Waals surface area contributed by atoms with E-state index in [1.165, 1.54) is 35.3 Å². The summed E-state index contributed by atoms with van der Waals surface area (Å²) in [4.78, 5) is 16.9. The van der Waals surface area contributed by atoms with E-state index >= 15 is 0 Å². The molecule has 5 aromatic rings. The molecule has 0 fully saturated rings. The van der Waals surface area contributed by atoms with Crippen molar-refractivity contribution in [1.82, 2.24) is 14.8 Å². The number of benzene rings is 4. The third-order valence-corrected chi connectivity index (χ3v) is 6.65. The standard InChI is InChI=1S/C33H28F3N3O2/c34-33(35,36)41-31-19-17-29(18-20-31)39-23-37-32(38-39)27-15-13-24(14-16-27)7-4-5-12-30(40)22-25-8-6-11-28(21-25)26-9-2-1-3-10-26/h1-3,6,8-11,13-21,23H,4-5,7,12,22H2. The smallest absolute Gasteiger partial charge is 0.406 e. The molecule has 0 spiro atoms. The number of unbranched alkanes of at least 4 members (excludes halogenated alkanes) is 1. The lowest BCUT2D eigenvalue weighted by molar-refractivity contribution is -0.274. The minimum atomic E-state index is -4.73. The lowest BCUT2D eigenvalue weighted by Gasteiger charge is -2.09. The summed E-state index contributed by atoms with van der Waals surface area (Å²) in [7, 11) is 0. The zero-order valence-corrected chi connectivity index (χ0v) is 22.2. The van der Waals surface area contributed by atoms with Gasteiger partial charge in [0.1, 0.15) is 17.9 Å². The number of ketones is 1. The number of carbonyl (C=O) groups excluding carboxylic acids is 1. The first-order chi connectivity index (χ1) is 19.8. The van der Waals surface area contributed by atoms with Crippen molar-refractivity contribution in [3.8, 4) is 34.0 Å². The van der Waals surface area contributed by atoms with Crippen molar-refractivity contribution in [2.24, 2.45) is 0 Å². The molecule has 0 atom stereocenters. The van der Waals surface area contributed by atoms with Gasteiger partial charge in [0.25, 0.3) is 0 Å². The first-order valence-electron chi connectivity index (χ1n) is 13.4. The van der Waals surface area contributed by atoms with Gasteiger partial charge in [0, 0.05) is 18.4 Å². The SMILES string of the molecule is O=C(CCCCc1ccc(-c2ncn(-c3ccc(OC(F)(F)F)cc3)n2)cc1)Cc1cccc(-c2ccccc2)c1. The van der Waals surface area contributed by atoms with E-state index < -0.39 is 6.36 Å². The van der Waals surface area contributed by atoms with Crippen molar-refractivity contribution in [3.05, 3.63) is 121 Å². The van der Waals surface area contributed by atoms with Crippen LogP contribution in [0.25, 0.3) is 28.2 Å². The molecule has 0 N–H and O–H groups in total. The summed E-state index contributed by atoms with van der Waals surface area (Å²) in [5.41, 5.74) is 5.86. The Hall–Kier alpha value is -4.72. The largest absolute Gasteiger partial charge is 0.573 e. The second kappa shape index (κ2) is 12.6. The second-order valence-electron chi connectivity index (χ2n) is 9.74. The van der Waals surface area contributed by atoms with Crippen LogP contribution in [0.15, 0.2) is 109 Å². The van der Waals surface area contributed by atoms with E-state index in [2.05, 4.69) is 39.1 Å². The van der Waals surface area contributed by atoms with Gasteiger partial charge in [-0.05, 0) is 65.8 Å². The van der Waals surface area contributed by atoms with E-state index in [4.69, 9.17) is 0 Å². The van der Waals surface area contributed by atoms with Gasteiger partial charge in [-0.15, -0.1) is 18.3 Å². The average Bonchev–Trinajstić information content (AvgIpc) is 3.46. The molecule has 0 radical (unpaired) electrons. The Morgan fingerprint density at radius 2 is 1.49 bits per heavy atom. The molecule has 0 aliphatic heterocycles. The second-order valence-corrected chi connectivity index (χ2v) is 9.74. The predicted molar refractivity (Wildman–Crippen MR) is 152 cm³/mol. The summed E-state index contributed by atoms with van der Waals surface area (Å²) in [6.45, 7) is 0. The molecular formula is C33H28F3N3O2. The molecule has 5 rings (SSSR count). The van der Waals surface area contributed by atoms with Gasteiger partial charge in [-0.3, -0.25) is 4.79 Å². The molecule has 5 nitrogen and oxygen atoms in total. The molecule has 0 saturated carbocycles. The lowest BCUT2D eigenvalue weighted by Crippen LogP contribution is -2.17. The normalized spacial score (nSPS) is 11.4. The molecular weight excluding hydrogens is 527 g/mol. The number of ether oxygens (including phenoxy) is 1. The average molecular weight is 556 g/mol. The van der Waals surface area contributed by atoms with Crippen LogP contribution in [0.3, 0.4) is 0 Å². The third kappa shape index (κ3) is 7.91. The van der Waals surface area contributed by atoms with Gasteiger partial charge >= 0.3 is 6.36 Å². The highest BCUT2D eigenvalue weighted by molar-refractivity contribution is 5.81. The van der Waals surface area contributed by atoms with Crippen LogP contribution in [-0.4, -0.2) is 26.9 Å². The number of nitrogens with zero attached hydrogens (tertiary/aromatic N) is 3. The number of alkyl halides is 3. The number of carbonyl (C=O) groups is 1. The summed E-state index contributed by atoms with van der Waals surface area (Å²) in [5, 5.41) is 4.44. The van der Waals surface area contributed by atoms with Crippen molar-refractivity contribution in [1.29, 1.82) is 0 Å². The first-order valence-corrected chi connectivity index (χ1v) is 13.4. The van der Waals surface area contributed by atoms with E-state index in [0.29, 0.717) is 24.4 Å². The molecule has 1 heterocycles. The quantitative estimate of drug-likeness (QED) is 0.155. The molecule has 0 aliphatic carbocycles. The summed E-state index contributed by atoms with van der Waals surface area (Å²) in [5.74, 6) is 0.457. The van der Waals surface area contributed by atoms with Gasteiger partial charge in [0.2, 0.25) is 0 Å². The van der Waals surface area contributed by atoms with Crippen LogP contribution in [0, 0.1) is 0 Å². The molecule has 8 heteroatoms. The van der Waals surface area contributed by atoms with Gasteiger partial charge in [-0.25, -0.2) is 9.67 Å². The Morgan fingerprint density at radius 1 is 0.756 bits per heavy atom. The summed E-state index contributed by atoms with van der Waals surface area (Å²) < 4.78 is 42.5. The van der Waals surface area contributed by atoms with Crippen molar-refractivity contribution < 1.29 is 22.7 Å². The van der Waals surface area contributed by atoms with Gasteiger partial charge in [0.15, 0.2) is 5.82 Å².